The van der Waals surface area contributed by atoms with Gasteiger partial charge in [-0.2, -0.15) is 0 Å². The summed E-state index contributed by atoms with van der Waals surface area (Å²) in [7, 11) is 5.84. The number of carboxylic acids is 1. The fraction of sp³-hybridized carbons (Fsp3) is 0.462. The van der Waals surface area contributed by atoms with E-state index in [1.54, 1.807) is 17.0 Å². The van der Waals surface area contributed by atoms with Crippen LogP contribution in [0.4, 0.5) is 5.69 Å². The van der Waals surface area contributed by atoms with Gasteiger partial charge in [0.25, 0.3) is 5.91 Å². The van der Waals surface area contributed by atoms with Gasteiger partial charge in [-0.25, -0.2) is 4.79 Å². The number of amides is 1. The molecule has 0 aliphatic carbocycles. The highest BCUT2D eigenvalue weighted by Gasteiger charge is 2.33. The first-order chi connectivity index (χ1) is 16.1. The van der Waals surface area contributed by atoms with Crippen molar-refractivity contribution in [1.82, 2.24) is 9.80 Å². The maximum absolute atomic E-state index is 13.4. The number of aromatic carboxylic acids is 1. The van der Waals surface area contributed by atoms with Gasteiger partial charge in [0.15, 0.2) is 0 Å². The summed E-state index contributed by atoms with van der Waals surface area (Å²) < 4.78 is 6.43. The number of aliphatic hydroxyl groups excluding tert-OH is 1. The molecular formula is C26H35N3O5. The van der Waals surface area contributed by atoms with E-state index in [1.165, 1.54) is 0 Å². The van der Waals surface area contributed by atoms with Gasteiger partial charge in [-0.05, 0) is 49.9 Å². The number of carbonyl (C=O) groups is 2. The number of carboxylic acid groups (broad SMARTS) is 1. The summed E-state index contributed by atoms with van der Waals surface area (Å²) in [5.41, 5.74) is 2.67. The molecular weight excluding hydrogens is 434 g/mol. The van der Waals surface area contributed by atoms with E-state index in [1.807, 2.05) is 63.3 Å². The van der Waals surface area contributed by atoms with Crippen LogP contribution < -0.4 is 9.64 Å². The van der Waals surface area contributed by atoms with Crippen LogP contribution in [0.25, 0.3) is 0 Å². The summed E-state index contributed by atoms with van der Waals surface area (Å²) in [5.74, 6) is -0.515. The lowest BCUT2D eigenvalue weighted by atomic mass is 9.99. The molecule has 0 bridgehead atoms. The predicted molar refractivity (Wildman–Crippen MR) is 132 cm³/mol. The van der Waals surface area contributed by atoms with Crippen molar-refractivity contribution in [1.29, 1.82) is 0 Å². The normalized spacial score (nSPS) is 19.1. The first-order valence-electron chi connectivity index (χ1n) is 11.5. The lowest BCUT2D eigenvalue weighted by molar-refractivity contribution is 0.0341. The fourth-order valence-electron chi connectivity index (χ4n) is 4.14. The second-order valence-electron chi connectivity index (χ2n) is 9.40. The quantitative estimate of drug-likeness (QED) is 0.614. The third-order valence-corrected chi connectivity index (χ3v) is 6.31. The molecule has 1 heterocycles. The third kappa shape index (κ3) is 5.87. The van der Waals surface area contributed by atoms with Crippen LogP contribution in [0.5, 0.6) is 5.75 Å². The molecule has 0 fully saturated rings. The van der Waals surface area contributed by atoms with Crippen molar-refractivity contribution < 1.29 is 24.5 Å². The molecule has 0 saturated heterocycles. The third-order valence-electron chi connectivity index (χ3n) is 6.31. The standard InChI is InChI=1S/C26H35N3O5/c1-17-13-29(18(2)16-30)25(31)22-12-21(27(3)4)10-11-23(22)34-24(17)15-28(5)14-19-6-8-20(9-7-19)26(32)33/h6-12,17-18,24,30H,13-16H2,1-5H3,(H,32,33)/t17-,18+,24-/m1/s1. The van der Waals surface area contributed by atoms with Crippen LogP contribution in [-0.2, 0) is 6.54 Å². The highest BCUT2D eigenvalue weighted by molar-refractivity contribution is 5.98. The lowest BCUT2D eigenvalue weighted by Crippen LogP contribution is -2.49. The number of rotatable bonds is 8. The summed E-state index contributed by atoms with van der Waals surface area (Å²) in [6.07, 6.45) is -0.186. The topological polar surface area (TPSA) is 93.6 Å². The van der Waals surface area contributed by atoms with Crippen LogP contribution >= 0.6 is 0 Å². The molecule has 1 amide bonds. The van der Waals surface area contributed by atoms with Gasteiger partial charge in [-0.1, -0.05) is 19.1 Å². The van der Waals surface area contributed by atoms with Crippen LogP contribution in [-0.4, -0.2) is 84.9 Å². The number of hydrogen-bond donors (Lipinski definition) is 2. The zero-order chi connectivity index (χ0) is 25.0. The van der Waals surface area contributed by atoms with Crippen LogP contribution in [0.2, 0.25) is 0 Å². The minimum absolute atomic E-state index is 0.0245. The molecule has 2 aromatic carbocycles. The number of fused-ring (bicyclic) bond motifs is 1. The first-order valence-corrected chi connectivity index (χ1v) is 11.5. The highest BCUT2D eigenvalue weighted by atomic mass is 16.5. The van der Waals surface area contributed by atoms with E-state index < -0.39 is 5.97 Å². The van der Waals surface area contributed by atoms with Crippen molar-refractivity contribution in [2.24, 2.45) is 5.92 Å². The SMILES string of the molecule is C[C@@H]1CN([C@@H](C)CO)C(=O)c2cc(N(C)C)ccc2O[C@@H]1CN(C)Cc1ccc(C(=O)O)cc1. The maximum atomic E-state index is 13.4. The van der Waals surface area contributed by atoms with Crippen LogP contribution in [0, 0.1) is 5.92 Å². The van der Waals surface area contributed by atoms with E-state index in [-0.39, 0.29) is 36.1 Å². The molecule has 0 spiro atoms. The monoisotopic (exact) mass is 469 g/mol. The Morgan fingerprint density at radius 1 is 1.18 bits per heavy atom. The Morgan fingerprint density at radius 3 is 2.44 bits per heavy atom. The molecule has 184 valence electrons. The number of ether oxygens (including phenoxy) is 1. The van der Waals surface area contributed by atoms with Gasteiger partial charge in [0.2, 0.25) is 0 Å². The van der Waals surface area contributed by atoms with Gasteiger partial charge >= 0.3 is 5.97 Å². The van der Waals surface area contributed by atoms with Gasteiger partial charge in [-0.3, -0.25) is 9.69 Å². The number of carbonyl (C=O) groups excluding carboxylic acids is 1. The average Bonchev–Trinajstić information content (AvgIpc) is 2.80. The summed E-state index contributed by atoms with van der Waals surface area (Å²) in [6, 6.07) is 12.2. The van der Waals surface area contributed by atoms with Crippen LogP contribution in [0.3, 0.4) is 0 Å². The summed E-state index contributed by atoms with van der Waals surface area (Å²) in [6.45, 7) is 5.52. The summed E-state index contributed by atoms with van der Waals surface area (Å²) >= 11 is 0. The molecule has 2 aromatic rings. The lowest BCUT2D eigenvalue weighted by Gasteiger charge is -2.38. The molecule has 0 unspecified atom stereocenters. The Hall–Kier alpha value is -3.10. The number of aliphatic hydroxyl groups is 1. The Balaban J connectivity index is 1.85. The molecule has 0 aromatic heterocycles. The van der Waals surface area contributed by atoms with E-state index in [0.29, 0.717) is 30.9 Å². The largest absolute Gasteiger partial charge is 0.488 e. The Bertz CT molecular complexity index is 1010. The van der Waals surface area contributed by atoms with Gasteiger partial charge < -0.3 is 24.7 Å². The van der Waals surface area contributed by atoms with Crippen molar-refractivity contribution in [3.63, 3.8) is 0 Å². The van der Waals surface area contributed by atoms with Crippen molar-refractivity contribution in [2.45, 2.75) is 32.5 Å². The number of hydrogen-bond acceptors (Lipinski definition) is 6. The van der Waals surface area contributed by atoms with Crippen molar-refractivity contribution in [3.8, 4) is 5.75 Å². The smallest absolute Gasteiger partial charge is 0.335 e. The summed E-state index contributed by atoms with van der Waals surface area (Å²) in [4.78, 5) is 30.3. The second-order valence-corrected chi connectivity index (χ2v) is 9.40. The van der Waals surface area contributed by atoms with E-state index in [9.17, 15) is 14.7 Å². The first kappa shape index (κ1) is 25.5. The maximum Gasteiger partial charge on any atom is 0.335 e. The van der Waals surface area contributed by atoms with E-state index in [2.05, 4.69) is 11.8 Å². The molecule has 8 nitrogen and oxygen atoms in total. The number of nitrogens with zero attached hydrogens (tertiary/aromatic N) is 3. The number of likely N-dealkylation sites (N-methyl/N-ethyl adjacent to an activating group) is 1. The Morgan fingerprint density at radius 2 is 1.85 bits per heavy atom. The van der Waals surface area contributed by atoms with Crippen LogP contribution in [0.15, 0.2) is 42.5 Å². The molecule has 3 atom stereocenters. The van der Waals surface area contributed by atoms with Gasteiger partial charge in [0.05, 0.1) is 23.8 Å². The second kappa shape index (κ2) is 10.9. The summed E-state index contributed by atoms with van der Waals surface area (Å²) in [5, 5.41) is 18.9. The van der Waals surface area contributed by atoms with E-state index in [0.717, 1.165) is 11.3 Å². The van der Waals surface area contributed by atoms with Crippen molar-refractivity contribution in [3.05, 3.63) is 59.2 Å². The average molecular weight is 470 g/mol. The van der Waals surface area contributed by atoms with Crippen molar-refractivity contribution in [2.75, 3.05) is 45.7 Å². The van der Waals surface area contributed by atoms with E-state index >= 15 is 0 Å². The molecule has 1 aliphatic heterocycles. The minimum Gasteiger partial charge on any atom is -0.488 e. The van der Waals surface area contributed by atoms with E-state index in [4.69, 9.17) is 9.84 Å². The highest BCUT2D eigenvalue weighted by Crippen LogP contribution is 2.31. The zero-order valence-corrected chi connectivity index (χ0v) is 20.6. The molecule has 8 heteroatoms. The van der Waals surface area contributed by atoms with Gasteiger partial charge in [0, 0.05) is 45.3 Å². The fourth-order valence-corrected chi connectivity index (χ4v) is 4.14. The molecule has 0 radical (unpaired) electrons. The molecule has 3 rings (SSSR count). The number of benzene rings is 2. The molecule has 1 aliphatic rings. The predicted octanol–water partition coefficient (Wildman–Crippen LogP) is 2.80. The Labute approximate surface area is 201 Å². The van der Waals surface area contributed by atoms with Gasteiger partial charge in [-0.15, -0.1) is 0 Å². The van der Waals surface area contributed by atoms with Crippen LogP contribution in [0.1, 0.15) is 40.1 Å². The zero-order valence-electron chi connectivity index (χ0n) is 20.6. The number of anilines is 1. The van der Waals surface area contributed by atoms with Gasteiger partial charge in [0.1, 0.15) is 11.9 Å². The molecule has 2 N–H and O–H groups in total. The Kier molecular flexibility index (Phi) is 8.17. The molecule has 34 heavy (non-hydrogen) atoms. The van der Waals surface area contributed by atoms with Crippen molar-refractivity contribution >= 4 is 17.6 Å². The minimum atomic E-state index is -0.941. The molecule has 0 saturated carbocycles.